The number of hydrogen-bond acceptors (Lipinski definition) is 5. The SMILES string of the molecule is CCOC(=O)c1cnn(C(c2cnn(C)c2)C(N)CC)c1. The summed E-state index contributed by atoms with van der Waals surface area (Å²) in [4.78, 5) is 11.7. The highest BCUT2D eigenvalue weighted by molar-refractivity contribution is 5.88. The van der Waals surface area contributed by atoms with E-state index in [0.29, 0.717) is 12.2 Å². The fourth-order valence-electron chi connectivity index (χ4n) is 2.22. The fourth-order valence-corrected chi connectivity index (χ4v) is 2.22. The van der Waals surface area contributed by atoms with Crippen LogP contribution in [0, 0.1) is 0 Å². The zero-order chi connectivity index (χ0) is 15.4. The number of nitrogens with zero attached hydrogens (tertiary/aromatic N) is 4. The lowest BCUT2D eigenvalue weighted by Gasteiger charge is -2.22. The second-order valence-electron chi connectivity index (χ2n) is 4.89. The van der Waals surface area contributed by atoms with Crippen molar-refractivity contribution in [3.63, 3.8) is 0 Å². The van der Waals surface area contributed by atoms with E-state index in [1.807, 2.05) is 20.2 Å². The van der Waals surface area contributed by atoms with Crippen LogP contribution < -0.4 is 5.73 Å². The summed E-state index contributed by atoms with van der Waals surface area (Å²) >= 11 is 0. The van der Waals surface area contributed by atoms with E-state index >= 15 is 0 Å². The highest BCUT2D eigenvalue weighted by Crippen LogP contribution is 2.22. The third kappa shape index (κ3) is 3.30. The van der Waals surface area contributed by atoms with E-state index < -0.39 is 0 Å². The van der Waals surface area contributed by atoms with Gasteiger partial charge in [-0.3, -0.25) is 9.36 Å². The number of nitrogens with two attached hydrogens (primary N) is 1. The van der Waals surface area contributed by atoms with E-state index in [0.717, 1.165) is 12.0 Å². The Morgan fingerprint density at radius 3 is 2.67 bits per heavy atom. The number of carbonyl (C=O) groups is 1. The predicted molar refractivity (Wildman–Crippen MR) is 77.8 cm³/mol. The molecule has 0 saturated heterocycles. The van der Waals surface area contributed by atoms with Crippen molar-refractivity contribution in [2.45, 2.75) is 32.4 Å². The minimum atomic E-state index is -0.376. The summed E-state index contributed by atoms with van der Waals surface area (Å²) in [7, 11) is 1.85. The Morgan fingerprint density at radius 2 is 2.10 bits per heavy atom. The number of carbonyl (C=O) groups excluding carboxylic acids is 1. The first-order chi connectivity index (χ1) is 10.1. The third-order valence-corrected chi connectivity index (χ3v) is 3.34. The van der Waals surface area contributed by atoms with Crippen LogP contribution in [-0.4, -0.2) is 38.2 Å². The average Bonchev–Trinajstić information content (AvgIpc) is 3.09. The van der Waals surface area contributed by atoms with E-state index in [1.54, 1.807) is 28.7 Å². The number of rotatable bonds is 6. The van der Waals surface area contributed by atoms with Crippen molar-refractivity contribution in [1.29, 1.82) is 0 Å². The maximum Gasteiger partial charge on any atom is 0.341 e. The van der Waals surface area contributed by atoms with Crippen molar-refractivity contribution in [3.05, 3.63) is 35.9 Å². The molecule has 0 aliphatic heterocycles. The Hall–Kier alpha value is -2.15. The smallest absolute Gasteiger partial charge is 0.341 e. The summed E-state index contributed by atoms with van der Waals surface area (Å²) in [5, 5.41) is 8.45. The van der Waals surface area contributed by atoms with Crippen LogP contribution in [0.4, 0.5) is 0 Å². The molecule has 0 bridgehead atoms. The molecular weight excluding hydrogens is 270 g/mol. The number of aromatic nitrogens is 4. The minimum absolute atomic E-state index is 0.121. The summed E-state index contributed by atoms with van der Waals surface area (Å²) in [5.74, 6) is -0.376. The van der Waals surface area contributed by atoms with Crippen LogP contribution in [0.5, 0.6) is 0 Å². The van der Waals surface area contributed by atoms with Gasteiger partial charge in [0, 0.05) is 31.0 Å². The molecule has 0 aliphatic rings. The molecule has 7 heteroatoms. The maximum absolute atomic E-state index is 11.7. The molecule has 2 unspecified atom stereocenters. The first kappa shape index (κ1) is 15.2. The molecule has 2 aromatic rings. The molecular formula is C14H21N5O2. The van der Waals surface area contributed by atoms with Crippen LogP contribution in [-0.2, 0) is 11.8 Å². The molecule has 114 valence electrons. The van der Waals surface area contributed by atoms with Gasteiger partial charge in [0.2, 0.25) is 0 Å². The van der Waals surface area contributed by atoms with Crippen LogP contribution in [0.2, 0.25) is 0 Å². The van der Waals surface area contributed by atoms with Crippen molar-refractivity contribution in [3.8, 4) is 0 Å². The van der Waals surface area contributed by atoms with Crippen molar-refractivity contribution < 1.29 is 9.53 Å². The molecule has 0 radical (unpaired) electrons. The monoisotopic (exact) mass is 291 g/mol. The summed E-state index contributed by atoms with van der Waals surface area (Å²) in [6.07, 6.45) is 7.64. The summed E-state index contributed by atoms with van der Waals surface area (Å²) < 4.78 is 8.41. The summed E-state index contributed by atoms with van der Waals surface area (Å²) in [6.45, 7) is 4.13. The van der Waals surface area contributed by atoms with Gasteiger partial charge in [0.25, 0.3) is 0 Å². The van der Waals surface area contributed by atoms with Crippen LogP contribution in [0.1, 0.15) is 42.2 Å². The van der Waals surface area contributed by atoms with Gasteiger partial charge in [-0.15, -0.1) is 0 Å². The van der Waals surface area contributed by atoms with E-state index in [4.69, 9.17) is 10.5 Å². The van der Waals surface area contributed by atoms with E-state index in [1.165, 1.54) is 6.20 Å². The summed E-state index contributed by atoms with van der Waals surface area (Å²) in [5.41, 5.74) is 7.61. The summed E-state index contributed by atoms with van der Waals surface area (Å²) in [6, 6.07) is -0.281. The molecule has 2 atom stereocenters. The molecule has 21 heavy (non-hydrogen) atoms. The van der Waals surface area contributed by atoms with Gasteiger partial charge in [0.1, 0.15) is 0 Å². The van der Waals surface area contributed by atoms with Gasteiger partial charge >= 0.3 is 5.97 Å². The van der Waals surface area contributed by atoms with Crippen LogP contribution in [0.25, 0.3) is 0 Å². The van der Waals surface area contributed by atoms with Crippen molar-refractivity contribution >= 4 is 5.97 Å². The van der Waals surface area contributed by atoms with Crippen LogP contribution >= 0.6 is 0 Å². The molecule has 7 nitrogen and oxygen atoms in total. The van der Waals surface area contributed by atoms with Gasteiger partial charge < -0.3 is 10.5 Å². The van der Waals surface area contributed by atoms with E-state index in [9.17, 15) is 4.79 Å². The Balaban J connectivity index is 2.32. The number of ether oxygens (including phenoxy) is 1. The normalized spacial score (nSPS) is 13.9. The minimum Gasteiger partial charge on any atom is -0.462 e. The number of hydrogen-bond donors (Lipinski definition) is 1. The Morgan fingerprint density at radius 1 is 1.33 bits per heavy atom. The molecule has 2 heterocycles. The van der Waals surface area contributed by atoms with Gasteiger partial charge in [0.05, 0.1) is 30.6 Å². The molecule has 0 spiro atoms. The topological polar surface area (TPSA) is 88.0 Å². The number of esters is 1. The van der Waals surface area contributed by atoms with E-state index in [-0.39, 0.29) is 18.1 Å². The lowest BCUT2D eigenvalue weighted by molar-refractivity contribution is 0.0526. The Labute approximate surface area is 123 Å². The predicted octanol–water partition coefficient (Wildman–Crippen LogP) is 1.12. The molecule has 0 saturated carbocycles. The first-order valence-electron chi connectivity index (χ1n) is 7.02. The lowest BCUT2D eigenvalue weighted by atomic mass is 10.0. The molecule has 2 N–H and O–H groups in total. The number of aryl methyl sites for hydroxylation is 1. The largest absolute Gasteiger partial charge is 0.462 e. The maximum atomic E-state index is 11.7. The zero-order valence-corrected chi connectivity index (χ0v) is 12.6. The van der Waals surface area contributed by atoms with Gasteiger partial charge in [-0.05, 0) is 13.3 Å². The second-order valence-corrected chi connectivity index (χ2v) is 4.89. The van der Waals surface area contributed by atoms with Gasteiger partial charge in [-0.1, -0.05) is 6.92 Å². The van der Waals surface area contributed by atoms with Crippen molar-refractivity contribution in [1.82, 2.24) is 19.6 Å². The van der Waals surface area contributed by atoms with Gasteiger partial charge in [0.15, 0.2) is 0 Å². The standard InChI is InChI=1S/C14H21N5O2/c1-4-12(15)13(10-6-16-18(3)8-10)19-9-11(7-17-19)14(20)21-5-2/h6-9,12-13H,4-5,15H2,1-3H3. The Kier molecular flexibility index (Phi) is 4.74. The average molecular weight is 291 g/mol. The van der Waals surface area contributed by atoms with Crippen LogP contribution in [0.3, 0.4) is 0 Å². The van der Waals surface area contributed by atoms with Gasteiger partial charge in [-0.25, -0.2) is 4.79 Å². The molecule has 2 rings (SSSR count). The fraction of sp³-hybridized carbons (Fsp3) is 0.500. The third-order valence-electron chi connectivity index (χ3n) is 3.34. The highest BCUT2D eigenvalue weighted by atomic mass is 16.5. The van der Waals surface area contributed by atoms with E-state index in [2.05, 4.69) is 10.2 Å². The zero-order valence-electron chi connectivity index (χ0n) is 12.6. The lowest BCUT2D eigenvalue weighted by Crippen LogP contribution is -2.32. The van der Waals surface area contributed by atoms with Crippen molar-refractivity contribution in [2.24, 2.45) is 12.8 Å². The molecule has 0 aliphatic carbocycles. The molecule has 0 amide bonds. The highest BCUT2D eigenvalue weighted by Gasteiger charge is 2.24. The Bertz CT molecular complexity index is 604. The van der Waals surface area contributed by atoms with Crippen molar-refractivity contribution in [2.75, 3.05) is 6.61 Å². The first-order valence-corrected chi connectivity index (χ1v) is 7.02. The quantitative estimate of drug-likeness (QED) is 0.806. The molecule has 0 aromatic carbocycles. The van der Waals surface area contributed by atoms with Gasteiger partial charge in [-0.2, -0.15) is 10.2 Å². The second kappa shape index (κ2) is 6.53. The van der Waals surface area contributed by atoms with Crippen LogP contribution in [0.15, 0.2) is 24.8 Å². The molecule has 0 fully saturated rings. The molecule has 2 aromatic heterocycles.